The van der Waals surface area contributed by atoms with Gasteiger partial charge in [0.15, 0.2) is 0 Å². The molecular weight excluding hydrogens is 342 g/mol. The van der Waals surface area contributed by atoms with Crippen LogP contribution >= 0.6 is 0 Å². The zero-order valence-corrected chi connectivity index (χ0v) is 16.2. The van der Waals surface area contributed by atoms with Crippen LogP contribution in [0.15, 0.2) is 6.20 Å². The molecule has 1 aromatic rings. The van der Waals surface area contributed by atoms with Crippen molar-refractivity contribution < 1.29 is 9.59 Å². The average molecular weight is 374 g/mol. The smallest absolute Gasteiger partial charge is 0.242 e. The Morgan fingerprint density at radius 3 is 2.52 bits per heavy atom. The van der Waals surface area contributed by atoms with Gasteiger partial charge in [0.1, 0.15) is 0 Å². The number of hydrogen-bond donors (Lipinski definition) is 0. The van der Waals surface area contributed by atoms with Gasteiger partial charge in [0.25, 0.3) is 0 Å². The first-order valence-electron chi connectivity index (χ1n) is 10.7. The van der Waals surface area contributed by atoms with E-state index in [1.165, 1.54) is 32.1 Å². The van der Waals surface area contributed by atoms with Gasteiger partial charge in [-0.15, -0.1) is 5.10 Å². The third kappa shape index (κ3) is 4.33. The Balaban J connectivity index is 1.28. The second-order valence-electron chi connectivity index (χ2n) is 8.34. The number of likely N-dealkylation sites (tertiary alicyclic amines) is 2. The van der Waals surface area contributed by atoms with Crippen LogP contribution < -0.4 is 0 Å². The fourth-order valence-electron chi connectivity index (χ4n) is 4.73. The van der Waals surface area contributed by atoms with Crippen molar-refractivity contribution in [3.05, 3.63) is 11.9 Å². The van der Waals surface area contributed by atoms with Crippen molar-refractivity contribution in [1.29, 1.82) is 0 Å². The van der Waals surface area contributed by atoms with Crippen LogP contribution in [0.2, 0.25) is 0 Å². The zero-order valence-electron chi connectivity index (χ0n) is 16.2. The van der Waals surface area contributed by atoms with Gasteiger partial charge < -0.3 is 9.80 Å². The molecule has 0 bridgehead atoms. The Hall–Kier alpha value is -1.92. The predicted octanol–water partition coefficient (Wildman–Crippen LogP) is 2.50. The molecule has 0 N–H and O–H groups in total. The summed E-state index contributed by atoms with van der Waals surface area (Å²) in [6.45, 7) is 2.46. The third-order valence-electron chi connectivity index (χ3n) is 6.49. The summed E-state index contributed by atoms with van der Waals surface area (Å²) >= 11 is 0. The minimum absolute atomic E-state index is 0.0881. The van der Waals surface area contributed by atoms with Gasteiger partial charge in [-0.3, -0.25) is 9.59 Å². The molecule has 0 aromatic carbocycles. The van der Waals surface area contributed by atoms with Crippen LogP contribution in [-0.4, -0.2) is 62.8 Å². The van der Waals surface area contributed by atoms with Crippen molar-refractivity contribution in [3.63, 3.8) is 0 Å². The number of nitrogens with zero attached hydrogens (tertiary/aromatic N) is 5. The molecule has 3 aliphatic rings. The van der Waals surface area contributed by atoms with Crippen LogP contribution in [0.1, 0.15) is 81.9 Å². The Bertz CT molecular complexity index is 659. The number of rotatable bonds is 4. The van der Waals surface area contributed by atoms with Crippen molar-refractivity contribution >= 4 is 11.8 Å². The van der Waals surface area contributed by atoms with Crippen LogP contribution in [0.4, 0.5) is 0 Å². The molecule has 2 saturated heterocycles. The molecule has 2 aliphatic heterocycles. The minimum atomic E-state index is 0.0881. The molecular formula is C20H31N5O2. The SMILES string of the molecule is O=C(CN1CCCCC1=O)N1CCC(n2cc(C3CCCCC3)nn2)CC1. The molecule has 27 heavy (non-hydrogen) atoms. The molecule has 0 spiro atoms. The number of aromatic nitrogens is 3. The van der Waals surface area contributed by atoms with Gasteiger partial charge in [0, 0.05) is 38.2 Å². The van der Waals surface area contributed by atoms with Crippen LogP contribution in [-0.2, 0) is 9.59 Å². The third-order valence-corrected chi connectivity index (χ3v) is 6.49. The molecule has 1 saturated carbocycles. The molecule has 0 atom stereocenters. The molecule has 3 heterocycles. The minimum Gasteiger partial charge on any atom is -0.341 e. The topological polar surface area (TPSA) is 71.3 Å². The second kappa shape index (κ2) is 8.40. The Labute approximate surface area is 161 Å². The molecule has 2 amide bonds. The lowest BCUT2D eigenvalue weighted by atomic mass is 9.87. The van der Waals surface area contributed by atoms with Crippen LogP contribution in [0.5, 0.6) is 0 Å². The highest BCUT2D eigenvalue weighted by Gasteiger charge is 2.28. The highest BCUT2D eigenvalue weighted by atomic mass is 16.2. The lowest BCUT2D eigenvalue weighted by molar-refractivity contribution is -0.142. The predicted molar refractivity (Wildman–Crippen MR) is 101 cm³/mol. The Morgan fingerprint density at radius 1 is 1.00 bits per heavy atom. The maximum Gasteiger partial charge on any atom is 0.242 e. The summed E-state index contributed by atoms with van der Waals surface area (Å²) in [6.07, 6.45) is 12.9. The van der Waals surface area contributed by atoms with E-state index in [2.05, 4.69) is 16.5 Å². The van der Waals surface area contributed by atoms with E-state index in [-0.39, 0.29) is 18.4 Å². The Morgan fingerprint density at radius 2 is 1.78 bits per heavy atom. The number of amides is 2. The van der Waals surface area contributed by atoms with E-state index >= 15 is 0 Å². The Kier molecular flexibility index (Phi) is 5.74. The maximum atomic E-state index is 12.6. The summed E-state index contributed by atoms with van der Waals surface area (Å²) in [4.78, 5) is 28.1. The van der Waals surface area contributed by atoms with E-state index in [0.717, 1.165) is 51.0 Å². The van der Waals surface area contributed by atoms with Crippen molar-refractivity contribution in [1.82, 2.24) is 24.8 Å². The highest BCUT2D eigenvalue weighted by Crippen LogP contribution is 2.32. The van der Waals surface area contributed by atoms with E-state index in [9.17, 15) is 9.59 Å². The fourth-order valence-corrected chi connectivity index (χ4v) is 4.73. The first kappa shape index (κ1) is 18.4. The summed E-state index contributed by atoms with van der Waals surface area (Å²) in [5.41, 5.74) is 1.15. The highest BCUT2D eigenvalue weighted by molar-refractivity contribution is 5.85. The number of hydrogen-bond acceptors (Lipinski definition) is 4. The molecule has 0 unspecified atom stereocenters. The molecule has 7 nitrogen and oxygen atoms in total. The van der Waals surface area contributed by atoms with Gasteiger partial charge >= 0.3 is 0 Å². The van der Waals surface area contributed by atoms with E-state index in [1.807, 2.05) is 9.58 Å². The van der Waals surface area contributed by atoms with Crippen molar-refractivity contribution in [3.8, 4) is 0 Å². The molecule has 4 rings (SSSR count). The van der Waals surface area contributed by atoms with Crippen LogP contribution in [0, 0.1) is 0 Å². The monoisotopic (exact) mass is 373 g/mol. The molecule has 1 aliphatic carbocycles. The lowest BCUT2D eigenvalue weighted by Gasteiger charge is -2.34. The van der Waals surface area contributed by atoms with Crippen molar-refractivity contribution in [2.45, 2.75) is 76.2 Å². The molecule has 7 heteroatoms. The zero-order chi connectivity index (χ0) is 18.6. The summed E-state index contributed by atoms with van der Waals surface area (Å²) in [6, 6.07) is 0.329. The second-order valence-corrected chi connectivity index (χ2v) is 8.34. The van der Waals surface area contributed by atoms with Crippen LogP contribution in [0.25, 0.3) is 0 Å². The standard InChI is InChI=1S/C20H31N5O2/c26-19-8-4-5-11-24(19)15-20(27)23-12-9-17(10-13-23)25-14-18(21-22-25)16-6-2-1-3-7-16/h14,16-17H,1-13,15H2. The molecule has 148 valence electrons. The van der Waals surface area contributed by atoms with E-state index in [4.69, 9.17) is 0 Å². The van der Waals surface area contributed by atoms with Gasteiger partial charge in [0.05, 0.1) is 18.3 Å². The summed E-state index contributed by atoms with van der Waals surface area (Å²) < 4.78 is 2.03. The van der Waals surface area contributed by atoms with Crippen molar-refractivity contribution in [2.24, 2.45) is 0 Å². The summed E-state index contributed by atoms with van der Waals surface area (Å²) in [7, 11) is 0. The number of piperidine rings is 2. The molecule has 3 fully saturated rings. The van der Waals surface area contributed by atoms with Gasteiger partial charge in [0.2, 0.25) is 11.8 Å². The van der Waals surface area contributed by atoms with E-state index < -0.39 is 0 Å². The summed E-state index contributed by atoms with van der Waals surface area (Å²) in [5, 5.41) is 8.84. The van der Waals surface area contributed by atoms with E-state index in [1.54, 1.807) is 4.90 Å². The van der Waals surface area contributed by atoms with Gasteiger partial charge in [-0.25, -0.2) is 4.68 Å². The van der Waals surface area contributed by atoms with Gasteiger partial charge in [-0.1, -0.05) is 24.5 Å². The van der Waals surface area contributed by atoms with Gasteiger partial charge in [-0.2, -0.15) is 0 Å². The van der Waals surface area contributed by atoms with Gasteiger partial charge in [-0.05, 0) is 38.5 Å². The first-order valence-corrected chi connectivity index (χ1v) is 10.7. The van der Waals surface area contributed by atoms with Crippen LogP contribution in [0.3, 0.4) is 0 Å². The number of carbonyl (C=O) groups is 2. The van der Waals surface area contributed by atoms with E-state index in [0.29, 0.717) is 18.4 Å². The normalized spacial score (nSPS) is 23.0. The number of carbonyl (C=O) groups excluding carboxylic acids is 2. The largest absolute Gasteiger partial charge is 0.341 e. The van der Waals surface area contributed by atoms with Crippen molar-refractivity contribution in [2.75, 3.05) is 26.2 Å². The molecule has 1 aromatic heterocycles. The molecule has 0 radical (unpaired) electrons. The average Bonchev–Trinajstić information content (AvgIpc) is 3.21. The quantitative estimate of drug-likeness (QED) is 0.813. The first-order chi connectivity index (χ1) is 13.2. The summed E-state index contributed by atoms with van der Waals surface area (Å²) in [5.74, 6) is 0.795. The fraction of sp³-hybridized carbons (Fsp3) is 0.800. The lowest BCUT2D eigenvalue weighted by Crippen LogP contribution is -2.47. The maximum absolute atomic E-state index is 12.6.